The number of nitrogens with one attached hydrogen (secondary N) is 1. The van der Waals surface area contributed by atoms with Gasteiger partial charge in [-0.05, 0) is 36.8 Å². The molecule has 3 N–H and O–H groups in total. The number of benzene rings is 2. The van der Waals surface area contributed by atoms with Gasteiger partial charge in [0.05, 0.1) is 17.3 Å². The second kappa shape index (κ2) is 5.77. The van der Waals surface area contributed by atoms with Gasteiger partial charge in [-0.25, -0.2) is 0 Å². The number of nitrogens with two attached hydrogens (primary N) is 1. The number of hydrogen-bond donors (Lipinski definition) is 2. The first-order valence-electron chi connectivity index (χ1n) is 5.92. The van der Waals surface area contributed by atoms with Crippen LogP contribution in [0.2, 0.25) is 0 Å². The van der Waals surface area contributed by atoms with Crippen molar-refractivity contribution in [1.29, 1.82) is 5.26 Å². The predicted molar refractivity (Wildman–Crippen MR) is 81.7 cm³/mol. The summed E-state index contributed by atoms with van der Waals surface area (Å²) in [6.45, 7) is 2.02. The molecule has 0 bridgehead atoms. The molecule has 1 unspecified atom stereocenters. The van der Waals surface area contributed by atoms with E-state index in [4.69, 9.17) is 11.0 Å². The van der Waals surface area contributed by atoms with E-state index in [1.807, 2.05) is 43.3 Å². The minimum Gasteiger partial charge on any atom is -0.398 e. The summed E-state index contributed by atoms with van der Waals surface area (Å²) in [5.41, 5.74) is 9.14. The highest BCUT2D eigenvalue weighted by Crippen LogP contribution is 2.27. The highest BCUT2D eigenvalue weighted by molar-refractivity contribution is 9.10. The van der Waals surface area contributed by atoms with Gasteiger partial charge in [-0.3, -0.25) is 0 Å². The van der Waals surface area contributed by atoms with Crippen molar-refractivity contribution in [2.24, 2.45) is 0 Å². The second-order valence-corrected chi connectivity index (χ2v) is 5.21. The van der Waals surface area contributed by atoms with Crippen LogP contribution in [0, 0.1) is 11.3 Å². The Labute approximate surface area is 121 Å². The van der Waals surface area contributed by atoms with Gasteiger partial charge in [-0.15, -0.1) is 0 Å². The number of nitriles is 1. The standard InChI is InChI=1S/C15H14BrN3/c1-10(13-4-2-3-5-14(13)18)19-15-7-6-12(16)8-11(15)9-17/h2-8,10,19H,18H2,1H3. The minimum absolute atomic E-state index is 0.0366. The van der Waals surface area contributed by atoms with Gasteiger partial charge in [0, 0.05) is 10.2 Å². The van der Waals surface area contributed by atoms with Crippen molar-refractivity contribution in [2.75, 3.05) is 11.1 Å². The number of hydrogen-bond acceptors (Lipinski definition) is 3. The van der Waals surface area contributed by atoms with Gasteiger partial charge in [0.25, 0.3) is 0 Å². The lowest BCUT2D eigenvalue weighted by atomic mass is 10.1. The summed E-state index contributed by atoms with van der Waals surface area (Å²) in [4.78, 5) is 0. The quantitative estimate of drug-likeness (QED) is 0.839. The van der Waals surface area contributed by atoms with E-state index in [1.165, 1.54) is 0 Å². The molecule has 0 aliphatic rings. The van der Waals surface area contributed by atoms with Crippen molar-refractivity contribution in [3.05, 3.63) is 58.1 Å². The third-order valence-electron chi connectivity index (χ3n) is 2.94. The Balaban J connectivity index is 2.27. The summed E-state index contributed by atoms with van der Waals surface area (Å²) < 4.78 is 0.890. The number of para-hydroxylation sites is 1. The van der Waals surface area contributed by atoms with Crippen LogP contribution in [0.25, 0.3) is 0 Å². The average molecular weight is 316 g/mol. The predicted octanol–water partition coefficient (Wildman–Crippen LogP) is 4.08. The molecule has 4 heteroatoms. The van der Waals surface area contributed by atoms with Crippen LogP contribution in [-0.2, 0) is 0 Å². The summed E-state index contributed by atoms with van der Waals surface area (Å²) >= 11 is 3.36. The van der Waals surface area contributed by atoms with E-state index in [0.29, 0.717) is 5.56 Å². The van der Waals surface area contributed by atoms with E-state index in [2.05, 4.69) is 27.3 Å². The maximum atomic E-state index is 9.15. The highest BCUT2D eigenvalue weighted by Gasteiger charge is 2.10. The summed E-state index contributed by atoms with van der Waals surface area (Å²) in [6.07, 6.45) is 0. The van der Waals surface area contributed by atoms with Crippen LogP contribution >= 0.6 is 15.9 Å². The fourth-order valence-corrected chi connectivity index (χ4v) is 2.31. The van der Waals surface area contributed by atoms with Gasteiger partial charge in [0.2, 0.25) is 0 Å². The van der Waals surface area contributed by atoms with E-state index >= 15 is 0 Å². The molecule has 96 valence electrons. The smallest absolute Gasteiger partial charge is 0.101 e. The second-order valence-electron chi connectivity index (χ2n) is 4.30. The molecule has 0 saturated carbocycles. The van der Waals surface area contributed by atoms with Crippen LogP contribution in [0.4, 0.5) is 11.4 Å². The Morgan fingerprint density at radius 1 is 1.26 bits per heavy atom. The lowest BCUT2D eigenvalue weighted by Gasteiger charge is -2.18. The van der Waals surface area contributed by atoms with Crippen LogP contribution in [-0.4, -0.2) is 0 Å². The first-order valence-corrected chi connectivity index (χ1v) is 6.71. The molecule has 3 nitrogen and oxygen atoms in total. The molecule has 0 amide bonds. The topological polar surface area (TPSA) is 61.8 Å². The molecule has 0 fully saturated rings. The molecule has 2 rings (SSSR count). The number of halogens is 1. The summed E-state index contributed by atoms with van der Waals surface area (Å²) in [5, 5.41) is 12.5. The normalized spacial score (nSPS) is 11.6. The fourth-order valence-electron chi connectivity index (χ4n) is 1.95. The van der Waals surface area contributed by atoms with E-state index in [-0.39, 0.29) is 6.04 Å². The van der Waals surface area contributed by atoms with Crippen molar-refractivity contribution >= 4 is 27.3 Å². The molecule has 0 spiro atoms. The Morgan fingerprint density at radius 2 is 2.00 bits per heavy atom. The third kappa shape index (κ3) is 3.07. The maximum absolute atomic E-state index is 9.15. The monoisotopic (exact) mass is 315 g/mol. The molecular formula is C15H14BrN3. The Bertz CT molecular complexity index is 632. The van der Waals surface area contributed by atoms with Crippen LogP contribution in [0.1, 0.15) is 24.1 Å². The number of nitrogens with zero attached hydrogens (tertiary/aromatic N) is 1. The van der Waals surface area contributed by atoms with E-state index < -0.39 is 0 Å². The Kier molecular flexibility index (Phi) is 4.08. The lowest BCUT2D eigenvalue weighted by molar-refractivity contribution is 0.887. The molecule has 0 heterocycles. The van der Waals surface area contributed by atoms with Crippen molar-refractivity contribution in [3.8, 4) is 6.07 Å². The molecule has 2 aromatic rings. The zero-order valence-corrected chi connectivity index (χ0v) is 12.1. The van der Waals surface area contributed by atoms with Gasteiger partial charge in [-0.2, -0.15) is 5.26 Å². The van der Waals surface area contributed by atoms with Crippen molar-refractivity contribution in [2.45, 2.75) is 13.0 Å². The van der Waals surface area contributed by atoms with Gasteiger partial charge in [0.15, 0.2) is 0 Å². The maximum Gasteiger partial charge on any atom is 0.101 e. The summed E-state index contributed by atoms with van der Waals surface area (Å²) in [5.74, 6) is 0. The molecule has 2 aromatic carbocycles. The van der Waals surface area contributed by atoms with Crippen molar-refractivity contribution < 1.29 is 0 Å². The molecule has 0 aliphatic heterocycles. The van der Waals surface area contributed by atoms with Gasteiger partial charge < -0.3 is 11.1 Å². The van der Waals surface area contributed by atoms with Crippen molar-refractivity contribution in [1.82, 2.24) is 0 Å². The van der Waals surface area contributed by atoms with Crippen LogP contribution < -0.4 is 11.1 Å². The average Bonchev–Trinajstić information content (AvgIpc) is 2.41. The third-order valence-corrected chi connectivity index (χ3v) is 3.43. The van der Waals surface area contributed by atoms with Gasteiger partial charge in [0.1, 0.15) is 6.07 Å². The zero-order valence-electron chi connectivity index (χ0n) is 10.5. The summed E-state index contributed by atoms with van der Waals surface area (Å²) in [7, 11) is 0. The minimum atomic E-state index is 0.0366. The van der Waals surface area contributed by atoms with Crippen LogP contribution in [0.3, 0.4) is 0 Å². The van der Waals surface area contributed by atoms with Crippen molar-refractivity contribution in [3.63, 3.8) is 0 Å². The van der Waals surface area contributed by atoms with Crippen LogP contribution in [0.15, 0.2) is 46.9 Å². The largest absolute Gasteiger partial charge is 0.398 e. The molecule has 19 heavy (non-hydrogen) atoms. The van der Waals surface area contributed by atoms with Crippen LogP contribution in [0.5, 0.6) is 0 Å². The van der Waals surface area contributed by atoms with Gasteiger partial charge in [-0.1, -0.05) is 34.1 Å². The molecule has 0 saturated heterocycles. The first kappa shape index (κ1) is 13.4. The molecule has 0 aliphatic carbocycles. The zero-order chi connectivity index (χ0) is 13.8. The Morgan fingerprint density at radius 3 is 2.68 bits per heavy atom. The number of anilines is 2. The molecule has 1 atom stereocenters. The molecular weight excluding hydrogens is 302 g/mol. The van der Waals surface area contributed by atoms with E-state index in [9.17, 15) is 0 Å². The summed E-state index contributed by atoms with van der Waals surface area (Å²) in [6, 6.07) is 15.5. The van der Waals surface area contributed by atoms with E-state index in [1.54, 1.807) is 6.07 Å². The first-order chi connectivity index (χ1) is 9.11. The number of rotatable bonds is 3. The van der Waals surface area contributed by atoms with E-state index in [0.717, 1.165) is 21.4 Å². The molecule has 0 aromatic heterocycles. The highest BCUT2D eigenvalue weighted by atomic mass is 79.9. The van der Waals surface area contributed by atoms with Gasteiger partial charge >= 0.3 is 0 Å². The SMILES string of the molecule is CC(Nc1ccc(Br)cc1C#N)c1ccccc1N. The Hall–Kier alpha value is -1.99. The lowest BCUT2D eigenvalue weighted by Crippen LogP contribution is -2.10. The molecule has 0 radical (unpaired) electrons. The fraction of sp³-hybridized carbons (Fsp3) is 0.133. The number of nitrogen functional groups attached to an aromatic ring is 1.